The molecule has 1 fully saturated rings. The normalized spacial score (nSPS) is 25.0. The Balaban J connectivity index is 2.16. The van der Waals surface area contributed by atoms with Gasteiger partial charge in [-0.05, 0) is 12.5 Å². The van der Waals surface area contributed by atoms with E-state index in [9.17, 15) is 8.42 Å². The first-order valence-corrected chi connectivity index (χ1v) is 7.77. The van der Waals surface area contributed by atoms with Crippen LogP contribution in [0, 0.1) is 5.41 Å². The number of sulfonamides is 1. The Morgan fingerprint density at radius 1 is 1.50 bits per heavy atom. The molecule has 1 heterocycles. The van der Waals surface area contributed by atoms with Crippen molar-refractivity contribution in [2.24, 2.45) is 11.3 Å². The number of hydrogen-bond donors (Lipinski definition) is 3. The van der Waals surface area contributed by atoms with Crippen molar-refractivity contribution in [3.8, 4) is 0 Å². The monoisotopic (exact) mass is 300 g/mol. The Morgan fingerprint density at radius 3 is 2.75 bits per heavy atom. The lowest BCUT2D eigenvalue weighted by Crippen LogP contribution is -2.61. The molecular formula is C12H20N4O3S. The van der Waals surface area contributed by atoms with E-state index in [1.807, 2.05) is 13.8 Å². The maximum Gasteiger partial charge on any atom is 0.241 e. The van der Waals surface area contributed by atoms with Gasteiger partial charge in [-0.1, -0.05) is 13.8 Å². The highest BCUT2D eigenvalue weighted by Gasteiger charge is 2.50. The molecule has 2 atom stereocenters. The van der Waals surface area contributed by atoms with Crippen molar-refractivity contribution in [2.45, 2.75) is 37.3 Å². The fourth-order valence-electron chi connectivity index (χ4n) is 2.40. The van der Waals surface area contributed by atoms with Gasteiger partial charge in [-0.25, -0.2) is 24.0 Å². The van der Waals surface area contributed by atoms with E-state index in [2.05, 4.69) is 15.1 Å². The Bertz CT molecular complexity index is 588. The first-order valence-electron chi connectivity index (χ1n) is 6.29. The standard InChI is InChI=1S/C12H20N4O3S/c1-12(2)9(7-10(12)19-3)16-20(17,18)8-4-5-14-11(6-8)15-13/h4-6,9-10,16H,7,13H2,1-3H3,(H,14,15). The van der Waals surface area contributed by atoms with Gasteiger partial charge in [0.15, 0.2) is 0 Å². The summed E-state index contributed by atoms with van der Waals surface area (Å²) >= 11 is 0. The first kappa shape index (κ1) is 15.2. The lowest BCUT2D eigenvalue weighted by molar-refractivity contribution is -0.0908. The highest BCUT2D eigenvalue weighted by molar-refractivity contribution is 7.89. The molecule has 1 aliphatic rings. The maximum atomic E-state index is 12.3. The van der Waals surface area contributed by atoms with Crippen molar-refractivity contribution in [3.05, 3.63) is 18.3 Å². The van der Waals surface area contributed by atoms with Crippen LogP contribution < -0.4 is 16.0 Å². The minimum atomic E-state index is -3.60. The van der Waals surface area contributed by atoms with Crippen LogP contribution in [0.2, 0.25) is 0 Å². The van der Waals surface area contributed by atoms with Crippen LogP contribution >= 0.6 is 0 Å². The van der Waals surface area contributed by atoms with Crippen molar-refractivity contribution in [1.29, 1.82) is 0 Å². The summed E-state index contributed by atoms with van der Waals surface area (Å²) in [7, 11) is -1.96. The molecule has 112 valence electrons. The zero-order chi connectivity index (χ0) is 15.0. The number of hydrazine groups is 1. The van der Waals surface area contributed by atoms with Crippen LogP contribution in [-0.2, 0) is 14.8 Å². The molecule has 2 unspecified atom stereocenters. The molecule has 20 heavy (non-hydrogen) atoms. The van der Waals surface area contributed by atoms with Gasteiger partial charge >= 0.3 is 0 Å². The first-order chi connectivity index (χ1) is 9.31. The number of methoxy groups -OCH3 is 1. The number of aromatic nitrogens is 1. The third-order valence-corrected chi connectivity index (χ3v) is 5.42. The largest absolute Gasteiger partial charge is 0.381 e. The number of rotatable bonds is 5. The van der Waals surface area contributed by atoms with E-state index < -0.39 is 10.0 Å². The van der Waals surface area contributed by atoms with Crippen LogP contribution in [0.1, 0.15) is 20.3 Å². The molecule has 0 radical (unpaired) electrons. The predicted octanol–water partition coefficient (Wildman–Crippen LogP) is 0.459. The topological polar surface area (TPSA) is 106 Å². The van der Waals surface area contributed by atoms with Gasteiger partial charge in [-0.2, -0.15) is 0 Å². The summed E-state index contributed by atoms with van der Waals surface area (Å²) in [6, 6.07) is 2.67. The summed E-state index contributed by atoms with van der Waals surface area (Å²) in [5.41, 5.74) is 2.10. The highest BCUT2D eigenvalue weighted by atomic mass is 32.2. The lowest BCUT2D eigenvalue weighted by atomic mass is 9.65. The summed E-state index contributed by atoms with van der Waals surface area (Å²) in [6.07, 6.45) is 2.12. The molecular weight excluding hydrogens is 280 g/mol. The minimum Gasteiger partial charge on any atom is -0.381 e. The molecule has 0 aliphatic heterocycles. The summed E-state index contributed by atoms with van der Waals surface area (Å²) in [5.74, 6) is 5.54. The van der Waals surface area contributed by atoms with Gasteiger partial charge in [-0.15, -0.1) is 0 Å². The molecule has 0 aromatic carbocycles. The minimum absolute atomic E-state index is 0.0638. The van der Waals surface area contributed by atoms with Crippen LogP contribution in [0.25, 0.3) is 0 Å². The van der Waals surface area contributed by atoms with E-state index in [4.69, 9.17) is 10.6 Å². The van der Waals surface area contributed by atoms with Gasteiger partial charge in [-0.3, -0.25) is 0 Å². The Hall–Kier alpha value is -1.22. The van der Waals surface area contributed by atoms with Crippen LogP contribution in [0.4, 0.5) is 5.82 Å². The summed E-state index contributed by atoms with van der Waals surface area (Å²) < 4.78 is 32.7. The molecule has 0 bridgehead atoms. The predicted molar refractivity (Wildman–Crippen MR) is 75.4 cm³/mol. The van der Waals surface area contributed by atoms with Crippen molar-refractivity contribution >= 4 is 15.8 Å². The summed E-state index contributed by atoms with van der Waals surface area (Å²) in [5, 5.41) is 0. The number of nitrogens with two attached hydrogens (primary N) is 1. The fourth-order valence-corrected chi connectivity index (χ4v) is 3.82. The number of anilines is 1. The molecule has 1 aromatic rings. The molecule has 7 nitrogen and oxygen atoms in total. The molecule has 2 rings (SSSR count). The van der Waals surface area contributed by atoms with Crippen LogP contribution in [-0.4, -0.2) is 32.7 Å². The van der Waals surface area contributed by atoms with Crippen LogP contribution in [0.3, 0.4) is 0 Å². The number of hydrogen-bond acceptors (Lipinski definition) is 6. The van der Waals surface area contributed by atoms with Gasteiger partial charge < -0.3 is 10.2 Å². The summed E-state index contributed by atoms with van der Waals surface area (Å²) in [4.78, 5) is 4.03. The van der Waals surface area contributed by atoms with Crippen molar-refractivity contribution in [1.82, 2.24) is 9.71 Å². The van der Waals surface area contributed by atoms with Crippen LogP contribution in [0.15, 0.2) is 23.2 Å². The van der Waals surface area contributed by atoms with E-state index in [-0.39, 0.29) is 22.5 Å². The fraction of sp³-hybridized carbons (Fsp3) is 0.583. The molecule has 0 spiro atoms. The molecule has 4 N–H and O–H groups in total. The molecule has 1 aliphatic carbocycles. The van der Waals surface area contributed by atoms with Gasteiger partial charge in [0.2, 0.25) is 10.0 Å². The third-order valence-electron chi connectivity index (χ3n) is 3.95. The second kappa shape index (κ2) is 5.28. The van der Waals surface area contributed by atoms with Gasteiger partial charge in [0.1, 0.15) is 5.82 Å². The SMILES string of the molecule is COC1CC(NS(=O)(=O)c2ccnc(NN)c2)C1(C)C. The second-order valence-corrected chi connectivity index (χ2v) is 7.19. The van der Waals surface area contributed by atoms with Crippen molar-refractivity contribution < 1.29 is 13.2 Å². The van der Waals surface area contributed by atoms with E-state index in [0.717, 1.165) is 0 Å². The second-order valence-electron chi connectivity index (χ2n) is 5.48. The maximum absolute atomic E-state index is 12.3. The van der Waals surface area contributed by atoms with E-state index in [1.165, 1.54) is 18.3 Å². The van der Waals surface area contributed by atoms with Crippen LogP contribution in [0.5, 0.6) is 0 Å². The Kier molecular flexibility index (Phi) is 4.01. The number of nitrogens with one attached hydrogen (secondary N) is 2. The van der Waals surface area contributed by atoms with Gasteiger partial charge in [0.05, 0.1) is 11.0 Å². The van der Waals surface area contributed by atoms with E-state index in [1.54, 1.807) is 7.11 Å². The quantitative estimate of drug-likeness (QED) is 0.539. The number of pyridine rings is 1. The average Bonchev–Trinajstić information content (AvgIpc) is 2.43. The van der Waals surface area contributed by atoms with E-state index in [0.29, 0.717) is 12.2 Å². The number of ether oxygens (including phenoxy) is 1. The number of nitrogen functional groups attached to an aromatic ring is 1. The molecule has 1 saturated carbocycles. The Morgan fingerprint density at radius 2 is 2.20 bits per heavy atom. The van der Waals surface area contributed by atoms with Gasteiger partial charge in [0.25, 0.3) is 0 Å². The Labute approximate surface area is 118 Å². The average molecular weight is 300 g/mol. The molecule has 1 aromatic heterocycles. The third kappa shape index (κ3) is 2.64. The smallest absolute Gasteiger partial charge is 0.241 e. The molecule has 0 saturated heterocycles. The van der Waals surface area contributed by atoms with Gasteiger partial charge in [0, 0.05) is 30.8 Å². The van der Waals surface area contributed by atoms with Crippen molar-refractivity contribution in [3.63, 3.8) is 0 Å². The highest BCUT2D eigenvalue weighted by Crippen LogP contribution is 2.43. The number of nitrogens with zero attached hydrogens (tertiary/aromatic N) is 1. The lowest BCUT2D eigenvalue weighted by Gasteiger charge is -2.50. The van der Waals surface area contributed by atoms with E-state index >= 15 is 0 Å². The molecule has 8 heteroatoms. The zero-order valence-corrected chi connectivity index (χ0v) is 12.6. The zero-order valence-electron chi connectivity index (χ0n) is 11.8. The van der Waals surface area contributed by atoms with Crippen molar-refractivity contribution in [2.75, 3.05) is 12.5 Å². The summed E-state index contributed by atoms with van der Waals surface area (Å²) in [6.45, 7) is 3.97. The molecule has 0 amide bonds.